The monoisotopic (exact) mass is 270 g/mol. The third-order valence-corrected chi connectivity index (χ3v) is 4.82. The van der Waals surface area contributed by atoms with Crippen LogP contribution in [0.3, 0.4) is 0 Å². The number of allylic oxidation sites excluding steroid dienone is 2. The van der Waals surface area contributed by atoms with Crippen LogP contribution in [0, 0.1) is 11.3 Å². The van der Waals surface area contributed by atoms with E-state index in [1.165, 1.54) is 12.8 Å². The summed E-state index contributed by atoms with van der Waals surface area (Å²) in [7, 11) is 0. The van der Waals surface area contributed by atoms with Crippen LogP contribution in [-0.4, -0.2) is 5.97 Å². The fourth-order valence-corrected chi connectivity index (χ4v) is 3.48. The number of benzene rings is 1. The minimum absolute atomic E-state index is 0.00863. The van der Waals surface area contributed by atoms with Crippen LogP contribution in [0.2, 0.25) is 0 Å². The largest absolute Gasteiger partial charge is 0.461 e. The molecule has 2 nitrogen and oxygen atoms in total. The molecular formula is C18H22O2. The molecule has 0 bridgehead atoms. The van der Waals surface area contributed by atoms with Crippen LogP contribution in [0.5, 0.6) is 0 Å². The number of carbonyl (C=O) groups excluding carboxylic acids is 1. The van der Waals surface area contributed by atoms with Crippen molar-refractivity contribution in [1.29, 1.82) is 0 Å². The van der Waals surface area contributed by atoms with E-state index < -0.39 is 0 Å². The van der Waals surface area contributed by atoms with Crippen molar-refractivity contribution in [3.63, 3.8) is 0 Å². The minimum Gasteiger partial charge on any atom is -0.461 e. The van der Waals surface area contributed by atoms with Gasteiger partial charge in [-0.05, 0) is 49.5 Å². The lowest BCUT2D eigenvalue weighted by Gasteiger charge is -2.35. The number of esters is 1. The van der Waals surface area contributed by atoms with Crippen molar-refractivity contribution in [1.82, 2.24) is 0 Å². The molecule has 2 heteroatoms. The van der Waals surface area contributed by atoms with Gasteiger partial charge < -0.3 is 4.74 Å². The van der Waals surface area contributed by atoms with Crippen molar-refractivity contribution in [3.8, 4) is 0 Å². The number of rotatable bonds is 3. The van der Waals surface area contributed by atoms with Crippen molar-refractivity contribution < 1.29 is 9.53 Å². The zero-order valence-corrected chi connectivity index (χ0v) is 11.9. The summed E-state index contributed by atoms with van der Waals surface area (Å²) in [5, 5.41) is 0. The van der Waals surface area contributed by atoms with Crippen LogP contribution in [0.1, 0.15) is 44.1 Å². The molecule has 1 aromatic carbocycles. The molecule has 0 radical (unpaired) electrons. The van der Waals surface area contributed by atoms with E-state index in [-0.39, 0.29) is 11.9 Å². The fourth-order valence-electron chi connectivity index (χ4n) is 3.48. The molecule has 1 saturated carbocycles. The second-order valence-electron chi connectivity index (χ2n) is 6.17. The molecular weight excluding hydrogens is 248 g/mol. The molecule has 0 unspecified atom stereocenters. The van der Waals surface area contributed by atoms with Crippen molar-refractivity contribution in [2.45, 2.75) is 45.1 Å². The zero-order chi connectivity index (χ0) is 13.8. The summed E-state index contributed by atoms with van der Waals surface area (Å²) in [6.45, 7) is 0.404. The molecule has 20 heavy (non-hydrogen) atoms. The van der Waals surface area contributed by atoms with Crippen LogP contribution in [0.25, 0.3) is 0 Å². The molecule has 2 aliphatic rings. The standard InChI is InChI=1S/C18H22O2/c19-17(20-14-15-6-2-1-3-7-15)16-8-12-18(13-9-16)10-4-5-11-18/h1-4,6-7,10,16H,5,8-9,11-14H2. The molecule has 0 heterocycles. The number of carbonyl (C=O) groups is 1. The normalized spacial score (nSPS) is 28.7. The number of hydrogen-bond donors (Lipinski definition) is 0. The van der Waals surface area contributed by atoms with E-state index in [1.54, 1.807) is 0 Å². The Bertz CT molecular complexity index is 481. The van der Waals surface area contributed by atoms with Crippen LogP contribution in [-0.2, 0) is 16.1 Å². The van der Waals surface area contributed by atoms with E-state index >= 15 is 0 Å². The van der Waals surface area contributed by atoms with Gasteiger partial charge in [0.1, 0.15) is 6.61 Å². The maximum atomic E-state index is 12.1. The second-order valence-corrected chi connectivity index (χ2v) is 6.17. The lowest BCUT2D eigenvalue weighted by atomic mass is 9.70. The van der Waals surface area contributed by atoms with Crippen LogP contribution in [0.4, 0.5) is 0 Å². The Balaban J connectivity index is 1.48. The van der Waals surface area contributed by atoms with Crippen LogP contribution in [0.15, 0.2) is 42.5 Å². The van der Waals surface area contributed by atoms with Gasteiger partial charge in [-0.1, -0.05) is 42.5 Å². The summed E-state index contributed by atoms with van der Waals surface area (Å²) in [5.74, 6) is 0.101. The van der Waals surface area contributed by atoms with Crippen LogP contribution < -0.4 is 0 Å². The fraction of sp³-hybridized carbons (Fsp3) is 0.500. The maximum Gasteiger partial charge on any atom is 0.309 e. The molecule has 1 fully saturated rings. The average Bonchev–Trinajstić information content (AvgIpc) is 2.95. The molecule has 1 aromatic rings. The first kappa shape index (κ1) is 13.4. The third-order valence-electron chi connectivity index (χ3n) is 4.82. The van der Waals surface area contributed by atoms with Gasteiger partial charge in [-0.25, -0.2) is 0 Å². The van der Waals surface area contributed by atoms with Gasteiger partial charge in [0.15, 0.2) is 0 Å². The summed E-state index contributed by atoms with van der Waals surface area (Å²) in [6, 6.07) is 9.90. The van der Waals surface area contributed by atoms with Crippen molar-refractivity contribution in [3.05, 3.63) is 48.0 Å². The first-order chi connectivity index (χ1) is 9.77. The first-order valence-electron chi connectivity index (χ1n) is 7.66. The molecule has 0 atom stereocenters. The molecule has 0 saturated heterocycles. The van der Waals surface area contributed by atoms with Gasteiger partial charge in [-0.3, -0.25) is 4.79 Å². The predicted octanol–water partition coefficient (Wildman–Crippen LogP) is 4.26. The van der Waals surface area contributed by atoms with Gasteiger partial charge in [-0.15, -0.1) is 0 Å². The highest BCUT2D eigenvalue weighted by molar-refractivity contribution is 5.72. The Hall–Kier alpha value is -1.57. The topological polar surface area (TPSA) is 26.3 Å². The SMILES string of the molecule is O=C(OCc1ccccc1)C1CCC2(C=CCC2)CC1. The van der Waals surface area contributed by atoms with Crippen molar-refractivity contribution >= 4 is 5.97 Å². The molecule has 0 N–H and O–H groups in total. The van der Waals surface area contributed by atoms with E-state index in [2.05, 4.69) is 12.2 Å². The molecule has 106 valence electrons. The molecule has 3 rings (SSSR count). The van der Waals surface area contributed by atoms with E-state index in [4.69, 9.17) is 4.74 Å². The highest BCUT2D eigenvalue weighted by Crippen LogP contribution is 2.46. The quantitative estimate of drug-likeness (QED) is 0.606. The molecule has 2 aliphatic carbocycles. The minimum atomic E-state index is -0.00863. The Morgan fingerprint density at radius 1 is 1.15 bits per heavy atom. The summed E-state index contributed by atoms with van der Waals surface area (Å²) in [4.78, 5) is 12.1. The lowest BCUT2D eigenvalue weighted by Crippen LogP contribution is -2.28. The summed E-state index contributed by atoms with van der Waals surface area (Å²) in [5.41, 5.74) is 1.47. The van der Waals surface area contributed by atoms with Gasteiger partial charge in [0.25, 0.3) is 0 Å². The van der Waals surface area contributed by atoms with E-state index in [1.807, 2.05) is 30.3 Å². The Morgan fingerprint density at radius 3 is 2.55 bits per heavy atom. The van der Waals surface area contributed by atoms with Gasteiger partial charge >= 0.3 is 5.97 Å². The molecule has 0 aromatic heterocycles. The number of ether oxygens (including phenoxy) is 1. The highest BCUT2D eigenvalue weighted by Gasteiger charge is 2.37. The predicted molar refractivity (Wildman–Crippen MR) is 79.0 cm³/mol. The van der Waals surface area contributed by atoms with Crippen molar-refractivity contribution in [2.24, 2.45) is 11.3 Å². The number of hydrogen-bond acceptors (Lipinski definition) is 2. The average molecular weight is 270 g/mol. The van der Waals surface area contributed by atoms with Gasteiger partial charge in [0.2, 0.25) is 0 Å². The van der Waals surface area contributed by atoms with E-state index in [0.29, 0.717) is 12.0 Å². The Labute approximate surface area is 120 Å². The Morgan fingerprint density at radius 2 is 1.90 bits per heavy atom. The van der Waals surface area contributed by atoms with Gasteiger partial charge in [0.05, 0.1) is 5.92 Å². The first-order valence-corrected chi connectivity index (χ1v) is 7.66. The summed E-state index contributed by atoms with van der Waals surface area (Å²) in [6.07, 6.45) is 11.4. The highest BCUT2D eigenvalue weighted by atomic mass is 16.5. The smallest absolute Gasteiger partial charge is 0.309 e. The molecule has 1 spiro atoms. The zero-order valence-electron chi connectivity index (χ0n) is 11.9. The van der Waals surface area contributed by atoms with Gasteiger partial charge in [0, 0.05) is 0 Å². The Kier molecular flexibility index (Phi) is 3.90. The van der Waals surface area contributed by atoms with E-state index in [0.717, 1.165) is 31.2 Å². The second kappa shape index (κ2) is 5.82. The summed E-state index contributed by atoms with van der Waals surface area (Å²) < 4.78 is 5.46. The molecule has 0 amide bonds. The van der Waals surface area contributed by atoms with E-state index in [9.17, 15) is 4.79 Å². The summed E-state index contributed by atoms with van der Waals surface area (Å²) >= 11 is 0. The van der Waals surface area contributed by atoms with Crippen LogP contribution >= 0.6 is 0 Å². The van der Waals surface area contributed by atoms with Crippen molar-refractivity contribution in [2.75, 3.05) is 0 Å². The molecule has 0 aliphatic heterocycles. The maximum absolute atomic E-state index is 12.1. The van der Waals surface area contributed by atoms with Gasteiger partial charge in [-0.2, -0.15) is 0 Å². The third kappa shape index (κ3) is 2.95. The lowest BCUT2D eigenvalue weighted by molar-refractivity contribution is -0.151.